The quantitative estimate of drug-likeness (QED) is 0.841. The van der Waals surface area contributed by atoms with Crippen molar-refractivity contribution in [2.45, 2.75) is 57.0 Å². The highest BCUT2D eigenvalue weighted by atomic mass is 32.1. The summed E-state index contributed by atoms with van der Waals surface area (Å²) in [6, 6.07) is 0. The fraction of sp³-hybridized carbons (Fsp3) is 0.769. The van der Waals surface area contributed by atoms with Crippen molar-refractivity contribution in [2.24, 2.45) is 0 Å². The molecule has 0 radical (unpaired) electrons. The van der Waals surface area contributed by atoms with E-state index in [4.69, 9.17) is 4.74 Å². The molecule has 2 aliphatic rings. The third-order valence-corrected chi connectivity index (χ3v) is 4.31. The van der Waals surface area contributed by atoms with E-state index < -0.39 is 0 Å². The van der Waals surface area contributed by atoms with E-state index in [1.807, 2.05) is 0 Å². The molecule has 0 bridgehead atoms. The Labute approximate surface area is 116 Å². The van der Waals surface area contributed by atoms with Gasteiger partial charge in [-0.15, -0.1) is 0 Å². The van der Waals surface area contributed by atoms with Crippen molar-refractivity contribution in [3.05, 3.63) is 5.82 Å². The number of carbonyl (C=O) groups is 1. The number of nitrogens with zero attached hydrogens (tertiary/aromatic N) is 2. The molecule has 2 aliphatic carbocycles. The predicted octanol–water partition coefficient (Wildman–Crippen LogP) is 2.70. The van der Waals surface area contributed by atoms with Crippen LogP contribution in [-0.4, -0.2) is 28.0 Å². The average molecular weight is 281 g/mol. The van der Waals surface area contributed by atoms with E-state index in [2.05, 4.69) is 14.7 Å². The van der Waals surface area contributed by atoms with Gasteiger partial charge in [0.05, 0.1) is 0 Å². The maximum atomic E-state index is 11.7. The number of anilines is 1. The van der Waals surface area contributed by atoms with Gasteiger partial charge in [0.15, 0.2) is 0 Å². The van der Waals surface area contributed by atoms with E-state index in [0.717, 1.165) is 23.8 Å². The summed E-state index contributed by atoms with van der Waals surface area (Å²) in [4.78, 5) is 16.1. The fourth-order valence-electron chi connectivity index (χ4n) is 2.37. The Hall–Kier alpha value is -1.17. The van der Waals surface area contributed by atoms with Gasteiger partial charge in [0.1, 0.15) is 18.5 Å². The van der Waals surface area contributed by atoms with Crippen LogP contribution in [-0.2, 0) is 9.53 Å². The van der Waals surface area contributed by atoms with Gasteiger partial charge >= 0.3 is 5.97 Å². The van der Waals surface area contributed by atoms with Crippen molar-refractivity contribution in [1.82, 2.24) is 9.36 Å². The first kappa shape index (κ1) is 12.8. The van der Waals surface area contributed by atoms with Gasteiger partial charge in [-0.05, 0) is 38.5 Å². The van der Waals surface area contributed by atoms with Gasteiger partial charge in [-0.25, -0.2) is 4.98 Å². The summed E-state index contributed by atoms with van der Waals surface area (Å²) < 4.78 is 9.72. The Bertz CT molecular complexity index is 439. The van der Waals surface area contributed by atoms with Gasteiger partial charge in [0.25, 0.3) is 0 Å². The molecule has 19 heavy (non-hydrogen) atoms. The topological polar surface area (TPSA) is 64.1 Å². The number of carbonyl (C=O) groups excluding carboxylic acids is 1. The number of aromatic nitrogens is 2. The van der Waals surface area contributed by atoms with Crippen LogP contribution in [0.3, 0.4) is 0 Å². The van der Waals surface area contributed by atoms with Crippen molar-refractivity contribution in [2.75, 3.05) is 11.9 Å². The van der Waals surface area contributed by atoms with Crippen LogP contribution in [0.25, 0.3) is 0 Å². The molecule has 0 unspecified atom stereocenters. The molecule has 1 N–H and O–H groups in total. The van der Waals surface area contributed by atoms with Gasteiger partial charge in [0.2, 0.25) is 5.13 Å². The number of esters is 1. The smallest absolute Gasteiger partial charge is 0.325 e. The maximum absolute atomic E-state index is 11.7. The maximum Gasteiger partial charge on any atom is 0.325 e. The zero-order valence-corrected chi connectivity index (χ0v) is 11.7. The molecule has 104 valence electrons. The molecule has 1 aromatic heterocycles. The largest absolute Gasteiger partial charge is 0.461 e. The molecule has 0 saturated heterocycles. The van der Waals surface area contributed by atoms with Crippen LogP contribution >= 0.6 is 11.5 Å². The van der Waals surface area contributed by atoms with E-state index in [0.29, 0.717) is 5.92 Å². The molecule has 6 heteroatoms. The van der Waals surface area contributed by atoms with Gasteiger partial charge in [-0.2, -0.15) is 4.37 Å². The Kier molecular flexibility index (Phi) is 3.96. The van der Waals surface area contributed by atoms with E-state index >= 15 is 0 Å². The Morgan fingerprint density at radius 2 is 2.05 bits per heavy atom. The van der Waals surface area contributed by atoms with Crippen molar-refractivity contribution in [3.63, 3.8) is 0 Å². The van der Waals surface area contributed by atoms with Gasteiger partial charge in [0, 0.05) is 17.5 Å². The molecule has 0 atom stereocenters. The van der Waals surface area contributed by atoms with Crippen LogP contribution in [0.4, 0.5) is 5.13 Å². The minimum Gasteiger partial charge on any atom is -0.461 e. The number of rotatable bonds is 5. The molecule has 0 aliphatic heterocycles. The first-order valence-electron chi connectivity index (χ1n) is 7.08. The highest BCUT2D eigenvalue weighted by Crippen LogP contribution is 2.39. The minimum absolute atomic E-state index is 0.125. The van der Waals surface area contributed by atoms with E-state index in [1.165, 1.54) is 43.6 Å². The summed E-state index contributed by atoms with van der Waals surface area (Å²) >= 11 is 1.33. The number of hydrogen-bond acceptors (Lipinski definition) is 6. The molecule has 3 rings (SSSR count). The summed E-state index contributed by atoms with van der Waals surface area (Å²) in [5.41, 5.74) is 0. The van der Waals surface area contributed by atoms with Crippen molar-refractivity contribution in [3.8, 4) is 0 Å². The first-order chi connectivity index (χ1) is 9.31. The Morgan fingerprint density at radius 3 is 2.79 bits per heavy atom. The third kappa shape index (κ3) is 3.65. The second-order valence-corrected chi connectivity index (χ2v) is 6.09. The lowest BCUT2D eigenvalue weighted by Crippen LogP contribution is -2.25. The second kappa shape index (κ2) is 5.86. The SMILES string of the molecule is O=C(CNc1nc(C2CC2)ns1)OC1CCCCC1. The summed E-state index contributed by atoms with van der Waals surface area (Å²) in [6.45, 7) is 0.190. The van der Waals surface area contributed by atoms with Crippen LogP contribution in [0.1, 0.15) is 56.7 Å². The molecule has 0 aromatic carbocycles. The summed E-state index contributed by atoms with van der Waals surface area (Å²) in [7, 11) is 0. The molecule has 5 nitrogen and oxygen atoms in total. The monoisotopic (exact) mass is 281 g/mol. The predicted molar refractivity (Wildman–Crippen MR) is 73.3 cm³/mol. The molecule has 2 saturated carbocycles. The summed E-state index contributed by atoms with van der Waals surface area (Å²) in [6.07, 6.45) is 8.14. The molecule has 1 aromatic rings. The molecular formula is C13H19N3O2S. The van der Waals surface area contributed by atoms with Crippen molar-refractivity contribution < 1.29 is 9.53 Å². The van der Waals surface area contributed by atoms with Crippen molar-refractivity contribution >= 4 is 22.6 Å². The van der Waals surface area contributed by atoms with Crippen LogP contribution in [0, 0.1) is 0 Å². The van der Waals surface area contributed by atoms with Crippen LogP contribution in [0.2, 0.25) is 0 Å². The number of nitrogens with one attached hydrogen (secondary N) is 1. The molecule has 2 fully saturated rings. The van der Waals surface area contributed by atoms with Gasteiger partial charge in [-0.3, -0.25) is 4.79 Å². The fourth-order valence-corrected chi connectivity index (χ4v) is 3.01. The molecule has 0 spiro atoms. The minimum atomic E-state index is -0.185. The Morgan fingerprint density at radius 1 is 1.26 bits per heavy atom. The zero-order valence-electron chi connectivity index (χ0n) is 10.9. The van der Waals surface area contributed by atoms with E-state index in [1.54, 1.807) is 0 Å². The zero-order chi connectivity index (χ0) is 13.1. The lowest BCUT2D eigenvalue weighted by molar-refractivity contribution is -0.148. The summed E-state index contributed by atoms with van der Waals surface area (Å²) in [5.74, 6) is 1.30. The highest BCUT2D eigenvalue weighted by Gasteiger charge is 2.27. The van der Waals surface area contributed by atoms with Crippen LogP contribution in [0.5, 0.6) is 0 Å². The molecule has 0 amide bonds. The average Bonchev–Trinajstić information content (AvgIpc) is 3.17. The summed E-state index contributed by atoms with van der Waals surface area (Å²) in [5, 5.41) is 3.73. The van der Waals surface area contributed by atoms with Gasteiger partial charge in [-0.1, -0.05) is 6.42 Å². The van der Waals surface area contributed by atoms with Crippen LogP contribution in [0.15, 0.2) is 0 Å². The molecule has 1 heterocycles. The first-order valence-corrected chi connectivity index (χ1v) is 7.85. The third-order valence-electron chi connectivity index (χ3n) is 3.62. The van der Waals surface area contributed by atoms with E-state index in [-0.39, 0.29) is 18.6 Å². The van der Waals surface area contributed by atoms with Gasteiger partial charge < -0.3 is 10.1 Å². The number of ether oxygens (including phenoxy) is 1. The molecular weight excluding hydrogens is 262 g/mol. The highest BCUT2D eigenvalue weighted by molar-refractivity contribution is 7.09. The Balaban J connectivity index is 1.41. The second-order valence-electron chi connectivity index (χ2n) is 5.34. The van der Waals surface area contributed by atoms with E-state index in [9.17, 15) is 4.79 Å². The number of hydrogen-bond donors (Lipinski definition) is 1. The lowest BCUT2D eigenvalue weighted by atomic mass is 9.98. The lowest BCUT2D eigenvalue weighted by Gasteiger charge is -2.21. The standard InChI is InChI=1S/C13H19N3O2S/c17-11(18-10-4-2-1-3-5-10)8-14-13-15-12(16-19-13)9-6-7-9/h9-10H,1-8H2,(H,14,15,16). The van der Waals surface area contributed by atoms with Crippen LogP contribution < -0.4 is 5.32 Å². The normalized spacial score (nSPS) is 20.2. The van der Waals surface area contributed by atoms with Crippen molar-refractivity contribution in [1.29, 1.82) is 0 Å².